The van der Waals surface area contributed by atoms with E-state index in [0.717, 1.165) is 25.7 Å². The molecule has 0 radical (unpaired) electrons. The molecule has 0 unspecified atom stereocenters. The number of halogens is 1. The number of aryl methyl sites for hydroxylation is 1. The molecular weight excluding hydrogens is 287 g/mol. The molecule has 0 aliphatic heterocycles. The lowest BCUT2D eigenvalue weighted by molar-refractivity contribution is -0.136. The number of anilines is 1. The Hall–Kier alpha value is -1.95. The van der Waals surface area contributed by atoms with Gasteiger partial charge < -0.3 is 15.7 Å². The van der Waals surface area contributed by atoms with Gasteiger partial charge in [-0.25, -0.2) is 4.39 Å². The summed E-state index contributed by atoms with van der Waals surface area (Å²) in [6.07, 6.45) is 3.15. The van der Waals surface area contributed by atoms with Gasteiger partial charge in [-0.15, -0.1) is 0 Å². The van der Waals surface area contributed by atoms with Crippen molar-refractivity contribution in [1.29, 1.82) is 0 Å². The van der Waals surface area contributed by atoms with Crippen molar-refractivity contribution in [2.45, 2.75) is 38.7 Å². The Balaban J connectivity index is 1.86. The molecule has 2 atom stereocenters. The number of carbonyl (C=O) groups is 2. The maximum absolute atomic E-state index is 13.2. The fraction of sp³-hybridized carbons (Fsp3) is 0.500. The number of aliphatic hydroxyl groups is 1. The highest BCUT2D eigenvalue weighted by atomic mass is 19.1. The summed E-state index contributed by atoms with van der Waals surface area (Å²) >= 11 is 0. The van der Waals surface area contributed by atoms with Crippen molar-refractivity contribution >= 4 is 17.5 Å². The van der Waals surface area contributed by atoms with Crippen LogP contribution in [-0.2, 0) is 9.59 Å². The van der Waals surface area contributed by atoms with Crippen LogP contribution in [0.1, 0.15) is 31.2 Å². The topological polar surface area (TPSA) is 78.4 Å². The molecule has 6 heteroatoms. The largest absolute Gasteiger partial charge is 0.393 e. The predicted octanol–water partition coefficient (Wildman–Crippen LogP) is 1.74. The normalized spacial score (nSPS) is 21.2. The third-order valence-electron chi connectivity index (χ3n) is 4.05. The van der Waals surface area contributed by atoms with Gasteiger partial charge in [-0.2, -0.15) is 0 Å². The van der Waals surface area contributed by atoms with Crippen molar-refractivity contribution in [3.8, 4) is 0 Å². The van der Waals surface area contributed by atoms with E-state index >= 15 is 0 Å². The zero-order valence-corrected chi connectivity index (χ0v) is 12.6. The molecule has 120 valence electrons. The van der Waals surface area contributed by atoms with Crippen molar-refractivity contribution in [2.75, 3.05) is 11.9 Å². The highest BCUT2D eigenvalue weighted by Gasteiger charge is 2.24. The van der Waals surface area contributed by atoms with Gasteiger partial charge in [0.05, 0.1) is 6.10 Å². The molecule has 1 aliphatic carbocycles. The van der Waals surface area contributed by atoms with E-state index in [2.05, 4.69) is 10.6 Å². The van der Waals surface area contributed by atoms with E-state index in [1.807, 2.05) is 0 Å². The number of amides is 2. The first-order valence-electron chi connectivity index (χ1n) is 7.51. The summed E-state index contributed by atoms with van der Waals surface area (Å²) in [5.41, 5.74) is 0.947. The zero-order valence-electron chi connectivity index (χ0n) is 12.6. The number of rotatable bonds is 3. The van der Waals surface area contributed by atoms with Crippen molar-refractivity contribution in [1.82, 2.24) is 5.32 Å². The first-order chi connectivity index (χ1) is 10.5. The van der Waals surface area contributed by atoms with Gasteiger partial charge in [-0.1, -0.05) is 18.9 Å². The number of hydrogen-bond donors (Lipinski definition) is 3. The Bertz CT molecular complexity index is 562. The summed E-state index contributed by atoms with van der Waals surface area (Å²) in [4.78, 5) is 23.6. The molecular formula is C16H21FN2O3. The van der Waals surface area contributed by atoms with Gasteiger partial charge in [0.1, 0.15) is 5.82 Å². The summed E-state index contributed by atoms with van der Waals surface area (Å²) in [5.74, 6) is -2.10. The van der Waals surface area contributed by atoms with Crippen molar-refractivity contribution in [3.05, 3.63) is 29.6 Å². The van der Waals surface area contributed by atoms with Gasteiger partial charge in [0.2, 0.25) is 0 Å². The second-order valence-corrected chi connectivity index (χ2v) is 5.74. The zero-order chi connectivity index (χ0) is 16.1. The Morgan fingerprint density at radius 3 is 2.73 bits per heavy atom. The average Bonchev–Trinajstić information content (AvgIpc) is 2.49. The van der Waals surface area contributed by atoms with Gasteiger partial charge >= 0.3 is 11.8 Å². The Labute approximate surface area is 128 Å². The summed E-state index contributed by atoms with van der Waals surface area (Å²) in [6, 6.07) is 3.99. The van der Waals surface area contributed by atoms with E-state index in [4.69, 9.17) is 0 Å². The highest BCUT2D eigenvalue weighted by molar-refractivity contribution is 6.39. The monoisotopic (exact) mass is 308 g/mol. The molecule has 1 aromatic carbocycles. The molecule has 1 aromatic rings. The minimum absolute atomic E-state index is 0.0126. The van der Waals surface area contributed by atoms with Crippen LogP contribution in [0.15, 0.2) is 18.2 Å². The second kappa shape index (κ2) is 7.35. The summed E-state index contributed by atoms with van der Waals surface area (Å²) < 4.78 is 13.2. The molecule has 3 N–H and O–H groups in total. The third kappa shape index (κ3) is 4.27. The summed E-state index contributed by atoms with van der Waals surface area (Å²) in [6.45, 7) is 1.99. The third-order valence-corrected chi connectivity index (χ3v) is 4.05. The lowest BCUT2D eigenvalue weighted by Gasteiger charge is -2.27. The van der Waals surface area contributed by atoms with Crippen molar-refractivity contribution < 1.29 is 19.1 Å². The highest BCUT2D eigenvalue weighted by Crippen LogP contribution is 2.23. The van der Waals surface area contributed by atoms with Gasteiger partial charge in [0, 0.05) is 18.2 Å². The fourth-order valence-electron chi connectivity index (χ4n) is 2.64. The number of nitrogens with one attached hydrogen (secondary N) is 2. The Kier molecular flexibility index (Phi) is 5.49. The predicted molar refractivity (Wildman–Crippen MR) is 80.7 cm³/mol. The van der Waals surface area contributed by atoms with Crippen LogP contribution in [0.4, 0.5) is 10.1 Å². The SMILES string of the molecule is Cc1ccc(F)cc1NC(=O)C(=O)NC[C@H]1CCCC[C@@H]1O. The van der Waals surface area contributed by atoms with Crippen LogP contribution in [0.2, 0.25) is 0 Å². The van der Waals surface area contributed by atoms with Gasteiger partial charge in [-0.05, 0) is 37.5 Å². The summed E-state index contributed by atoms with van der Waals surface area (Å²) in [5, 5.41) is 14.8. The van der Waals surface area contributed by atoms with Crippen LogP contribution in [0.25, 0.3) is 0 Å². The molecule has 1 fully saturated rings. The van der Waals surface area contributed by atoms with Crippen LogP contribution in [-0.4, -0.2) is 29.6 Å². The van der Waals surface area contributed by atoms with E-state index in [9.17, 15) is 19.1 Å². The average molecular weight is 308 g/mol. The van der Waals surface area contributed by atoms with Crippen LogP contribution in [0, 0.1) is 18.7 Å². The van der Waals surface area contributed by atoms with Gasteiger partial charge in [0.15, 0.2) is 0 Å². The Morgan fingerprint density at radius 2 is 2.00 bits per heavy atom. The minimum Gasteiger partial charge on any atom is -0.393 e. The standard InChI is InChI=1S/C16H21FN2O3/c1-10-6-7-12(17)8-13(10)19-16(22)15(21)18-9-11-4-2-3-5-14(11)20/h6-8,11,14,20H,2-5,9H2,1H3,(H,18,21)(H,19,22)/t11-,14+/m1/s1. The van der Waals surface area contributed by atoms with Crippen LogP contribution < -0.4 is 10.6 Å². The molecule has 1 saturated carbocycles. The van der Waals surface area contributed by atoms with Crippen LogP contribution in [0.5, 0.6) is 0 Å². The molecule has 0 heterocycles. The van der Waals surface area contributed by atoms with E-state index in [1.165, 1.54) is 18.2 Å². The van der Waals surface area contributed by atoms with E-state index in [0.29, 0.717) is 5.56 Å². The first kappa shape index (κ1) is 16.4. The molecule has 2 amide bonds. The maximum Gasteiger partial charge on any atom is 0.313 e. The number of hydrogen-bond acceptors (Lipinski definition) is 3. The molecule has 22 heavy (non-hydrogen) atoms. The smallest absolute Gasteiger partial charge is 0.313 e. The van der Waals surface area contributed by atoms with Crippen molar-refractivity contribution in [2.24, 2.45) is 5.92 Å². The molecule has 2 rings (SSSR count). The summed E-state index contributed by atoms with van der Waals surface area (Å²) in [7, 11) is 0. The Morgan fingerprint density at radius 1 is 1.27 bits per heavy atom. The quantitative estimate of drug-likeness (QED) is 0.744. The second-order valence-electron chi connectivity index (χ2n) is 5.74. The molecule has 5 nitrogen and oxygen atoms in total. The lowest BCUT2D eigenvalue weighted by Crippen LogP contribution is -2.41. The van der Waals surface area contributed by atoms with E-state index < -0.39 is 23.7 Å². The minimum atomic E-state index is -0.834. The number of carbonyl (C=O) groups excluding carboxylic acids is 2. The molecule has 1 aliphatic rings. The first-order valence-corrected chi connectivity index (χ1v) is 7.51. The molecule has 0 spiro atoms. The van der Waals surface area contributed by atoms with E-state index in [1.54, 1.807) is 6.92 Å². The lowest BCUT2D eigenvalue weighted by atomic mass is 9.86. The molecule has 0 saturated heterocycles. The molecule has 0 bridgehead atoms. The van der Waals surface area contributed by atoms with Gasteiger partial charge in [0.25, 0.3) is 0 Å². The van der Waals surface area contributed by atoms with Crippen LogP contribution >= 0.6 is 0 Å². The van der Waals surface area contributed by atoms with Crippen LogP contribution in [0.3, 0.4) is 0 Å². The van der Waals surface area contributed by atoms with Gasteiger partial charge in [-0.3, -0.25) is 9.59 Å². The van der Waals surface area contributed by atoms with E-state index in [-0.39, 0.29) is 18.2 Å². The van der Waals surface area contributed by atoms with Crippen molar-refractivity contribution in [3.63, 3.8) is 0 Å². The molecule has 0 aromatic heterocycles. The maximum atomic E-state index is 13.2. The fourth-order valence-corrected chi connectivity index (χ4v) is 2.64. The number of aliphatic hydroxyl groups excluding tert-OH is 1. The number of benzene rings is 1.